The highest BCUT2D eigenvalue weighted by molar-refractivity contribution is 5.03. The minimum atomic E-state index is -2.36. The van der Waals surface area contributed by atoms with Crippen molar-refractivity contribution in [3.05, 3.63) is 18.0 Å². The smallest absolute Gasteiger partial charge is 0.257 e. The highest BCUT2D eigenvalue weighted by Crippen LogP contribution is 2.01. The van der Waals surface area contributed by atoms with Gasteiger partial charge in [-0.1, -0.05) is 0 Å². The van der Waals surface area contributed by atoms with Crippen LogP contribution in [0.25, 0.3) is 0 Å². The molecule has 1 heterocycles. The summed E-state index contributed by atoms with van der Waals surface area (Å²) in [6.45, 7) is 1.86. The van der Waals surface area contributed by atoms with Crippen molar-refractivity contribution in [1.82, 2.24) is 15.1 Å². The van der Waals surface area contributed by atoms with Crippen LogP contribution < -0.4 is 5.32 Å². The number of nitrogens with one attached hydrogen (secondary N) is 1. The fourth-order valence-corrected chi connectivity index (χ4v) is 1.31. The summed E-state index contributed by atoms with van der Waals surface area (Å²) in [5, 5.41) is 7.03. The van der Waals surface area contributed by atoms with E-state index in [1.54, 1.807) is 19.5 Å². The van der Waals surface area contributed by atoms with Crippen molar-refractivity contribution in [2.75, 3.05) is 20.3 Å². The predicted octanol–water partition coefficient (Wildman–Crippen LogP) is 1.27. The zero-order valence-corrected chi connectivity index (χ0v) is 9.33. The van der Waals surface area contributed by atoms with E-state index in [0.717, 1.165) is 25.1 Å². The van der Waals surface area contributed by atoms with Crippen LogP contribution in [0.3, 0.4) is 0 Å². The van der Waals surface area contributed by atoms with Gasteiger partial charge in [-0.05, 0) is 13.0 Å². The van der Waals surface area contributed by atoms with Crippen LogP contribution in [0.4, 0.5) is 8.78 Å². The van der Waals surface area contributed by atoms with Crippen molar-refractivity contribution < 1.29 is 13.5 Å². The maximum Gasteiger partial charge on any atom is 0.257 e. The summed E-state index contributed by atoms with van der Waals surface area (Å²) < 4.78 is 30.2. The molecule has 0 bridgehead atoms. The van der Waals surface area contributed by atoms with Gasteiger partial charge in [0, 0.05) is 32.0 Å². The van der Waals surface area contributed by atoms with Crippen LogP contribution in [0.5, 0.6) is 0 Å². The van der Waals surface area contributed by atoms with Crippen LogP contribution in [0, 0.1) is 0 Å². The molecule has 1 aromatic rings. The van der Waals surface area contributed by atoms with Crippen LogP contribution in [0.1, 0.15) is 12.0 Å². The third-order valence-corrected chi connectivity index (χ3v) is 2.04. The Hall–Kier alpha value is -1.01. The number of alkyl halides is 2. The predicted molar refractivity (Wildman–Crippen MR) is 56.4 cm³/mol. The van der Waals surface area contributed by atoms with Gasteiger partial charge < -0.3 is 10.1 Å². The molecule has 1 rings (SSSR count). The molecule has 0 aliphatic heterocycles. The summed E-state index contributed by atoms with van der Waals surface area (Å²) in [4.78, 5) is 0. The van der Waals surface area contributed by atoms with E-state index in [1.165, 1.54) is 4.68 Å². The van der Waals surface area contributed by atoms with Gasteiger partial charge >= 0.3 is 0 Å². The topological polar surface area (TPSA) is 39.1 Å². The molecule has 6 heteroatoms. The van der Waals surface area contributed by atoms with Crippen LogP contribution in [-0.4, -0.2) is 36.5 Å². The number of methoxy groups -OCH3 is 1. The molecule has 0 amide bonds. The molecule has 16 heavy (non-hydrogen) atoms. The summed E-state index contributed by atoms with van der Waals surface area (Å²) in [5.41, 5.74) is 0.915. The van der Waals surface area contributed by atoms with Gasteiger partial charge in [0.1, 0.15) is 6.54 Å². The molecule has 4 nitrogen and oxygen atoms in total. The van der Waals surface area contributed by atoms with Gasteiger partial charge in [0.2, 0.25) is 0 Å². The molecular formula is C10H17F2N3O. The van der Waals surface area contributed by atoms with E-state index in [1.807, 2.05) is 0 Å². The first-order valence-corrected chi connectivity index (χ1v) is 5.21. The lowest BCUT2D eigenvalue weighted by Gasteiger charge is -2.02. The fraction of sp³-hybridized carbons (Fsp3) is 0.700. The quantitative estimate of drug-likeness (QED) is 0.687. The number of rotatable bonds is 8. The Labute approximate surface area is 93.6 Å². The van der Waals surface area contributed by atoms with E-state index < -0.39 is 6.43 Å². The molecule has 1 N–H and O–H groups in total. The third kappa shape index (κ3) is 5.18. The summed E-state index contributed by atoms with van der Waals surface area (Å²) >= 11 is 0. The molecule has 0 aliphatic rings. The molecule has 0 aromatic carbocycles. The van der Waals surface area contributed by atoms with Crippen LogP contribution in [-0.2, 0) is 17.8 Å². The summed E-state index contributed by atoms with van der Waals surface area (Å²) in [5.74, 6) is 0. The number of hydrogen-bond acceptors (Lipinski definition) is 3. The van der Waals surface area contributed by atoms with E-state index in [9.17, 15) is 8.78 Å². The van der Waals surface area contributed by atoms with E-state index in [0.29, 0.717) is 6.54 Å². The Kier molecular flexibility index (Phi) is 5.95. The Morgan fingerprint density at radius 1 is 1.56 bits per heavy atom. The van der Waals surface area contributed by atoms with Crippen molar-refractivity contribution in [1.29, 1.82) is 0 Å². The Bertz CT molecular complexity index is 291. The molecule has 0 aliphatic carbocycles. The SMILES string of the molecule is COCCCNCc1cnn(CC(F)F)c1. The number of hydrogen-bond donors (Lipinski definition) is 1. The fourth-order valence-electron chi connectivity index (χ4n) is 1.31. The average Bonchev–Trinajstić information content (AvgIpc) is 2.64. The van der Waals surface area contributed by atoms with Crippen molar-refractivity contribution >= 4 is 0 Å². The number of aromatic nitrogens is 2. The van der Waals surface area contributed by atoms with Crippen molar-refractivity contribution in [2.24, 2.45) is 0 Å². The zero-order valence-electron chi connectivity index (χ0n) is 9.33. The maximum absolute atomic E-state index is 12.0. The van der Waals surface area contributed by atoms with Gasteiger partial charge in [-0.15, -0.1) is 0 Å². The molecule has 0 fully saturated rings. The summed E-state index contributed by atoms with van der Waals surface area (Å²) in [6, 6.07) is 0. The first-order valence-electron chi connectivity index (χ1n) is 5.21. The van der Waals surface area contributed by atoms with Crippen molar-refractivity contribution in [3.63, 3.8) is 0 Å². The first-order chi connectivity index (χ1) is 7.72. The third-order valence-electron chi connectivity index (χ3n) is 2.04. The molecule has 0 atom stereocenters. The lowest BCUT2D eigenvalue weighted by atomic mass is 10.3. The van der Waals surface area contributed by atoms with Gasteiger partial charge in [-0.3, -0.25) is 4.68 Å². The monoisotopic (exact) mass is 233 g/mol. The first kappa shape index (κ1) is 13.1. The average molecular weight is 233 g/mol. The van der Waals surface area contributed by atoms with E-state index in [-0.39, 0.29) is 6.54 Å². The van der Waals surface area contributed by atoms with E-state index in [4.69, 9.17) is 4.74 Å². The lowest BCUT2D eigenvalue weighted by Crippen LogP contribution is -2.15. The number of ether oxygens (including phenoxy) is 1. The van der Waals surface area contributed by atoms with Crippen molar-refractivity contribution in [2.45, 2.75) is 25.9 Å². The molecule has 0 spiro atoms. The van der Waals surface area contributed by atoms with Gasteiger partial charge in [-0.25, -0.2) is 8.78 Å². The lowest BCUT2D eigenvalue weighted by molar-refractivity contribution is 0.122. The Morgan fingerprint density at radius 2 is 2.38 bits per heavy atom. The number of halogens is 2. The summed E-state index contributed by atoms with van der Waals surface area (Å²) in [6.07, 6.45) is 1.81. The highest BCUT2D eigenvalue weighted by Gasteiger charge is 2.05. The molecular weight excluding hydrogens is 216 g/mol. The Balaban J connectivity index is 2.19. The largest absolute Gasteiger partial charge is 0.385 e. The maximum atomic E-state index is 12.0. The zero-order chi connectivity index (χ0) is 11.8. The van der Waals surface area contributed by atoms with Gasteiger partial charge in [-0.2, -0.15) is 5.10 Å². The molecule has 0 radical (unpaired) electrons. The molecule has 92 valence electrons. The van der Waals surface area contributed by atoms with Crippen LogP contribution in [0.2, 0.25) is 0 Å². The standard InChI is InChI=1S/C10H17F2N3O/c1-16-4-2-3-13-5-9-6-14-15(7-9)8-10(11)12/h6-7,10,13H,2-5,8H2,1H3. The van der Waals surface area contributed by atoms with Gasteiger partial charge in [0.05, 0.1) is 6.20 Å². The van der Waals surface area contributed by atoms with Crippen molar-refractivity contribution in [3.8, 4) is 0 Å². The minimum absolute atomic E-state index is 0.344. The molecule has 1 aromatic heterocycles. The van der Waals surface area contributed by atoms with E-state index in [2.05, 4.69) is 10.4 Å². The second-order valence-electron chi connectivity index (χ2n) is 3.48. The molecule has 0 saturated heterocycles. The number of nitrogens with zero attached hydrogens (tertiary/aromatic N) is 2. The second-order valence-corrected chi connectivity index (χ2v) is 3.48. The summed E-state index contributed by atoms with van der Waals surface area (Å²) in [7, 11) is 1.66. The molecule has 0 unspecified atom stereocenters. The Morgan fingerprint density at radius 3 is 3.06 bits per heavy atom. The van der Waals surface area contributed by atoms with Gasteiger partial charge in [0.25, 0.3) is 6.43 Å². The normalized spacial score (nSPS) is 11.2. The van der Waals surface area contributed by atoms with Gasteiger partial charge in [0.15, 0.2) is 0 Å². The highest BCUT2D eigenvalue weighted by atomic mass is 19.3. The second kappa shape index (κ2) is 7.29. The molecule has 0 saturated carbocycles. The minimum Gasteiger partial charge on any atom is -0.385 e. The van der Waals surface area contributed by atoms with Crippen LogP contribution in [0.15, 0.2) is 12.4 Å². The van der Waals surface area contributed by atoms with E-state index >= 15 is 0 Å². The van der Waals surface area contributed by atoms with Crippen LogP contribution >= 0.6 is 0 Å².